The van der Waals surface area contributed by atoms with Gasteiger partial charge in [0.15, 0.2) is 11.5 Å². The van der Waals surface area contributed by atoms with Crippen LogP contribution in [0.15, 0.2) is 66.7 Å². The van der Waals surface area contributed by atoms with E-state index < -0.39 is 23.2 Å². The molecule has 0 aromatic heterocycles. The number of rotatable bonds is 6. The van der Waals surface area contributed by atoms with Crippen molar-refractivity contribution in [2.24, 2.45) is 5.92 Å². The number of carbonyl (C=O) groups is 2. The first-order valence-corrected chi connectivity index (χ1v) is 15.4. The lowest BCUT2D eigenvalue weighted by atomic mass is 9.48. The summed E-state index contributed by atoms with van der Waals surface area (Å²) >= 11 is 0. The van der Waals surface area contributed by atoms with Gasteiger partial charge < -0.3 is 14.6 Å². The molecular formula is C35H34N2O5. The van der Waals surface area contributed by atoms with Crippen molar-refractivity contribution >= 4 is 11.8 Å². The van der Waals surface area contributed by atoms with E-state index in [1.165, 1.54) is 23.3 Å². The Morgan fingerprint density at radius 1 is 0.905 bits per heavy atom. The first-order valence-electron chi connectivity index (χ1n) is 15.4. The maximum Gasteiger partial charge on any atom is 0.261 e. The average Bonchev–Trinajstić information content (AvgIpc) is 3.70. The topological polar surface area (TPSA) is 79.3 Å². The van der Waals surface area contributed by atoms with Gasteiger partial charge in [-0.1, -0.05) is 48.5 Å². The molecule has 0 radical (unpaired) electrons. The minimum Gasteiger partial charge on any atom is -0.485 e. The predicted molar refractivity (Wildman–Crippen MR) is 155 cm³/mol. The molecule has 214 valence electrons. The number of fused-ring (bicyclic) bond motifs is 1. The molecule has 0 unspecified atom stereocenters. The molecule has 2 amide bonds. The Morgan fingerprint density at radius 3 is 2.38 bits per heavy atom. The molecule has 3 aromatic rings. The normalized spacial score (nSPS) is 32.4. The summed E-state index contributed by atoms with van der Waals surface area (Å²) in [6, 6.07) is 20.8. The van der Waals surface area contributed by atoms with Gasteiger partial charge in [0.2, 0.25) is 0 Å². The quantitative estimate of drug-likeness (QED) is 0.446. The van der Waals surface area contributed by atoms with E-state index in [1.54, 1.807) is 24.3 Å². The molecule has 1 spiro atoms. The summed E-state index contributed by atoms with van der Waals surface area (Å²) in [7, 11) is 0. The van der Waals surface area contributed by atoms with E-state index in [0.717, 1.165) is 43.0 Å². The zero-order valence-corrected chi connectivity index (χ0v) is 23.5. The summed E-state index contributed by atoms with van der Waals surface area (Å²) < 4.78 is 13.4. The molecule has 3 fully saturated rings. The van der Waals surface area contributed by atoms with E-state index in [2.05, 4.69) is 11.0 Å². The maximum atomic E-state index is 13.7. The van der Waals surface area contributed by atoms with Crippen molar-refractivity contribution in [1.29, 1.82) is 0 Å². The second kappa shape index (κ2) is 8.68. The number of imide groups is 1. The fourth-order valence-corrected chi connectivity index (χ4v) is 9.07. The number of hydrogen-bond acceptors (Lipinski definition) is 6. The highest BCUT2D eigenvalue weighted by Gasteiger charge is 2.74. The van der Waals surface area contributed by atoms with Gasteiger partial charge in [0, 0.05) is 18.2 Å². The number of aliphatic hydroxyl groups is 1. The third-order valence-electron chi connectivity index (χ3n) is 11.1. The zero-order valence-electron chi connectivity index (χ0n) is 23.5. The Labute approximate surface area is 245 Å². The van der Waals surface area contributed by atoms with Crippen LogP contribution in [0.4, 0.5) is 0 Å². The molecular weight excluding hydrogens is 528 g/mol. The Balaban J connectivity index is 1.16. The first-order chi connectivity index (χ1) is 20.5. The van der Waals surface area contributed by atoms with E-state index >= 15 is 0 Å². The number of benzene rings is 3. The number of likely N-dealkylation sites (tertiary alicyclic amines) is 1. The third-order valence-corrected chi connectivity index (χ3v) is 11.1. The molecule has 3 aliphatic heterocycles. The monoisotopic (exact) mass is 562 g/mol. The van der Waals surface area contributed by atoms with Gasteiger partial charge in [-0.3, -0.25) is 19.4 Å². The number of piperidine rings is 1. The van der Waals surface area contributed by atoms with Crippen molar-refractivity contribution in [3.8, 4) is 11.5 Å². The zero-order chi connectivity index (χ0) is 28.2. The fourth-order valence-electron chi connectivity index (χ4n) is 9.07. The number of ether oxygens (including phenoxy) is 2. The van der Waals surface area contributed by atoms with E-state index in [1.807, 2.05) is 36.4 Å². The first kappa shape index (κ1) is 24.9. The van der Waals surface area contributed by atoms with Crippen LogP contribution in [0.25, 0.3) is 0 Å². The maximum absolute atomic E-state index is 13.7. The molecule has 1 N–H and O–H groups in total. The van der Waals surface area contributed by atoms with Crippen LogP contribution in [0.5, 0.6) is 11.5 Å². The summed E-state index contributed by atoms with van der Waals surface area (Å²) in [6.07, 6.45) is 4.50. The Bertz CT molecular complexity index is 1600. The van der Waals surface area contributed by atoms with Crippen molar-refractivity contribution in [2.75, 3.05) is 13.1 Å². The molecule has 5 atom stereocenters. The van der Waals surface area contributed by atoms with Crippen LogP contribution in [0.1, 0.15) is 69.5 Å². The summed E-state index contributed by atoms with van der Waals surface area (Å²) in [5.41, 5.74) is 2.46. The molecule has 9 rings (SSSR count). The van der Waals surface area contributed by atoms with Crippen molar-refractivity contribution in [3.63, 3.8) is 0 Å². The Hall–Kier alpha value is -3.68. The molecule has 2 bridgehead atoms. The lowest BCUT2D eigenvalue weighted by molar-refractivity contribution is -0.196. The lowest BCUT2D eigenvalue weighted by Gasteiger charge is -2.64. The molecule has 6 aliphatic rings. The Morgan fingerprint density at radius 2 is 1.64 bits per heavy atom. The molecule has 7 nitrogen and oxygen atoms in total. The van der Waals surface area contributed by atoms with Gasteiger partial charge in [0.1, 0.15) is 12.7 Å². The lowest BCUT2D eigenvalue weighted by Crippen LogP contribution is -2.78. The van der Waals surface area contributed by atoms with Crippen molar-refractivity contribution in [3.05, 3.63) is 94.5 Å². The second-order valence-corrected chi connectivity index (χ2v) is 13.2. The SMILES string of the molecule is O=C1c2ccccc2C(=O)N1[C@@H]1CC[C@@]2(O)[C@H]3Cc4ccc(OCc5ccccc5)c5c4[C@@]2(CCN3CC2CC2)[C@H]1O5. The van der Waals surface area contributed by atoms with Crippen LogP contribution in [-0.4, -0.2) is 63.6 Å². The minimum absolute atomic E-state index is 0.0179. The fraction of sp³-hybridized carbons (Fsp3) is 0.429. The molecule has 42 heavy (non-hydrogen) atoms. The van der Waals surface area contributed by atoms with Gasteiger partial charge in [0.25, 0.3) is 11.8 Å². The highest BCUT2D eigenvalue weighted by atomic mass is 16.5. The highest BCUT2D eigenvalue weighted by molar-refractivity contribution is 6.21. The van der Waals surface area contributed by atoms with Gasteiger partial charge in [-0.2, -0.15) is 0 Å². The molecule has 3 aliphatic carbocycles. The van der Waals surface area contributed by atoms with E-state index in [0.29, 0.717) is 42.1 Å². The number of hydrogen-bond donors (Lipinski definition) is 1. The number of amides is 2. The molecule has 3 heterocycles. The molecule has 1 saturated heterocycles. The van der Waals surface area contributed by atoms with Gasteiger partial charge >= 0.3 is 0 Å². The van der Waals surface area contributed by atoms with Gasteiger partial charge in [-0.15, -0.1) is 0 Å². The summed E-state index contributed by atoms with van der Waals surface area (Å²) in [5, 5.41) is 12.9. The van der Waals surface area contributed by atoms with E-state index in [-0.39, 0.29) is 17.9 Å². The van der Waals surface area contributed by atoms with Crippen LogP contribution in [-0.2, 0) is 18.4 Å². The average molecular weight is 563 g/mol. The van der Waals surface area contributed by atoms with E-state index in [9.17, 15) is 14.7 Å². The van der Waals surface area contributed by atoms with Crippen LogP contribution in [0.2, 0.25) is 0 Å². The summed E-state index contributed by atoms with van der Waals surface area (Å²) in [6.45, 7) is 2.29. The van der Waals surface area contributed by atoms with Gasteiger partial charge in [0.05, 0.1) is 28.2 Å². The highest BCUT2D eigenvalue weighted by Crippen LogP contribution is 2.66. The predicted octanol–water partition coefficient (Wildman–Crippen LogP) is 4.49. The molecule has 3 aromatic carbocycles. The van der Waals surface area contributed by atoms with Crippen molar-refractivity contribution < 1.29 is 24.2 Å². The largest absolute Gasteiger partial charge is 0.485 e. The van der Waals surface area contributed by atoms with Crippen LogP contribution in [0.3, 0.4) is 0 Å². The Kier molecular flexibility index (Phi) is 5.14. The standard InChI is InChI=1S/C35H34N2O5/c38-32-24-8-4-5-9-25(24)33(39)37(32)26-14-15-35(40)28-18-23-12-13-27(41-20-22-6-2-1-3-7-22)30-29(23)34(35,31(26)42-30)16-17-36(28)19-21-10-11-21/h1-9,12-13,21,26,28,31,40H,10-11,14-20H2/t26-,28-,31+,34+,35-/m1/s1. The minimum atomic E-state index is -1.02. The van der Waals surface area contributed by atoms with Crippen molar-refractivity contribution in [2.45, 2.75) is 74.3 Å². The van der Waals surface area contributed by atoms with Crippen LogP contribution < -0.4 is 9.47 Å². The smallest absolute Gasteiger partial charge is 0.261 e. The van der Waals surface area contributed by atoms with Gasteiger partial charge in [-0.05, 0) is 80.3 Å². The van der Waals surface area contributed by atoms with Crippen molar-refractivity contribution in [1.82, 2.24) is 9.80 Å². The number of nitrogens with zero attached hydrogens (tertiary/aromatic N) is 2. The van der Waals surface area contributed by atoms with Crippen LogP contribution >= 0.6 is 0 Å². The van der Waals surface area contributed by atoms with Crippen LogP contribution in [0, 0.1) is 5.92 Å². The third kappa shape index (κ3) is 3.18. The molecule has 7 heteroatoms. The molecule has 2 saturated carbocycles. The number of carbonyl (C=O) groups excluding carboxylic acids is 2. The van der Waals surface area contributed by atoms with Gasteiger partial charge in [-0.25, -0.2) is 0 Å². The second-order valence-electron chi connectivity index (χ2n) is 13.2. The summed E-state index contributed by atoms with van der Waals surface area (Å²) in [5.74, 6) is 1.54. The summed E-state index contributed by atoms with van der Waals surface area (Å²) in [4.78, 5) is 31.5. The van der Waals surface area contributed by atoms with E-state index in [4.69, 9.17) is 9.47 Å².